The molecule has 1 fully saturated rings. The normalized spacial score (nSPS) is 14.8. The summed E-state index contributed by atoms with van der Waals surface area (Å²) in [6.07, 6.45) is 0.470. The predicted octanol–water partition coefficient (Wildman–Crippen LogP) is 1.94. The lowest BCUT2D eigenvalue weighted by atomic mass is 10.1. The molecule has 1 aliphatic rings. The number of rotatable bonds is 6. The number of amides is 2. The molecule has 0 radical (unpaired) electrons. The van der Waals surface area contributed by atoms with Crippen LogP contribution in [0.2, 0.25) is 0 Å². The van der Waals surface area contributed by atoms with Crippen LogP contribution in [0.4, 0.5) is 4.39 Å². The van der Waals surface area contributed by atoms with Gasteiger partial charge in [-0.1, -0.05) is 36.4 Å². The molecule has 0 spiro atoms. The van der Waals surface area contributed by atoms with Gasteiger partial charge in [0.2, 0.25) is 5.91 Å². The van der Waals surface area contributed by atoms with Crippen molar-refractivity contribution in [1.29, 1.82) is 0 Å². The summed E-state index contributed by atoms with van der Waals surface area (Å²) in [6, 6.07) is 15.8. The first-order chi connectivity index (χ1) is 13.1. The number of benzene rings is 2. The topological polar surface area (TPSA) is 52.7 Å². The maximum Gasteiger partial charge on any atom is 0.253 e. The quantitative estimate of drug-likeness (QED) is 0.847. The molecule has 1 aliphatic heterocycles. The highest BCUT2D eigenvalue weighted by molar-refractivity contribution is 5.94. The van der Waals surface area contributed by atoms with Gasteiger partial charge >= 0.3 is 0 Å². The summed E-state index contributed by atoms with van der Waals surface area (Å²) in [4.78, 5) is 28.4. The van der Waals surface area contributed by atoms with E-state index in [4.69, 9.17) is 0 Å². The molecule has 1 heterocycles. The van der Waals surface area contributed by atoms with Gasteiger partial charge in [0, 0.05) is 38.3 Å². The molecule has 2 aromatic carbocycles. The molecule has 27 heavy (non-hydrogen) atoms. The zero-order chi connectivity index (χ0) is 19.1. The van der Waals surface area contributed by atoms with Gasteiger partial charge in [-0.3, -0.25) is 14.5 Å². The summed E-state index contributed by atoms with van der Waals surface area (Å²) in [5.74, 6) is -0.287. The first kappa shape index (κ1) is 19.0. The molecular weight excluding hydrogens is 345 g/mol. The molecule has 0 saturated carbocycles. The Bertz CT molecular complexity index is 774. The van der Waals surface area contributed by atoms with Crippen molar-refractivity contribution in [2.24, 2.45) is 0 Å². The van der Waals surface area contributed by atoms with Crippen LogP contribution in [0.1, 0.15) is 15.9 Å². The molecule has 2 aromatic rings. The Hall–Kier alpha value is -2.73. The van der Waals surface area contributed by atoms with E-state index in [0.717, 1.165) is 0 Å². The maximum absolute atomic E-state index is 13.6. The molecule has 5 nitrogen and oxygen atoms in total. The zero-order valence-corrected chi connectivity index (χ0v) is 15.2. The minimum absolute atomic E-state index is 0.0320. The maximum atomic E-state index is 13.6. The molecular formula is C21H24FN3O2. The minimum atomic E-state index is -0.244. The Labute approximate surface area is 158 Å². The predicted molar refractivity (Wildman–Crippen MR) is 102 cm³/mol. The van der Waals surface area contributed by atoms with E-state index in [1.807, 2.05) is 40.1 Å². The Balaban J connectivity index is 1.38. The van der Waals surface area contributed by atoms with Gasteiger partial charge in [0.1, 0.15) is 5.82 Å². The molecule has 1 N–H and O–H groups in total. The van der Waals surface area contributed by atoms with Gasteiger partial charge in [0.25, 0.3) is 5.91 Å². The molecule has 2 amide bonds. The van der Waals surface area contributed by atoms with Crippen LogP contribution in [0, 0.1) is 5.82 Å². The monoisotopic (exact) mass is 369 g/mol. The average molecular weight is 369 g/mol. The lowest BCUT2D eigenvalue weighted by Gasteiger charge is -2.34. The second kappa shape index (κ2) is 9.28. The van der Waals surface area contributed by atoms with Crippen LogP contribution in [0.3, 0.4) is 0 Å². The van der Waals surface area contributed by atoms with Crippen LogP contribution in [0.25, 0.3) is 0 Å². The number of nitrogens with zero attached hydrogens (tertiary/aromatic N) is 2. The number of carbonyl (C=O) groups is 2. The Morgan fingerprint density at radius 2 is 1.59 bits per heavy atom. The highest BCUT2D eigenvalue weighted by Crippen LogP contribution is 2.09. The number of piperazine rings is 1. The third-order valence-corrected chi connectivity index (χ3v) is 4.72. The Kier molecular flexibility index (Phi) is 6.54. The van der Waals surface area contributed by atoms with E-state index >= 15 is 0 Å². The van der Waals surface area contributed by atoms with E-state index in [-0.39, 0.29) is 17.6 Å². The van der Waals surface area contributed by atoms with E-state index in [9.17, 15) is 14.0 Å². The van der Waals surface area contributed by atoms with Gasteiger partial charge < -0.3 is 10.2 Å². The lowest BCUT2D eigenvalue weighted by Crippen LogP contribution is -2.51. The minimum Gasteiger partial charge on any atom is -0.355 e. The smallest absolute Gasteiger partial charge is 0.253 e. The van der Waals surface area contributed by atoms with Crippen molar-refractivity contribution in [3.05, 3.63) is 71.5 Å². The largest absolute Gasteiger partial charge is 0.355 e. The van der Waals surface area contributed by atoms with Crippen LogP contribution in [-0.4, -0.2) is 60.9 Å². The second-order valence-electron chi connectivity index (χ2n) is 6.63. The number of hydrogen-bond acceptors (Lipinski definition) is 3. The average Bonchev–Trinajstić information content (AvgIpc) is 2.70. The third kappa shape index (κ3) is 5.37. The number of carbonyl (C=O) groups excluding carboxylic acids is 2. The van der Waals surface area contributed by atoms with Crippen molar-refractivity contribution in [3.8, 4) is 0 Å². The van der Waals surface area contributed by atoms with E-state index in [2.05, 4.69) is 5.32 Å². The first-order valence-electron chi connectivity index (χ1n) is 9.20. The molecule has 3 rings (SSSR count). The number of nitrogens with one attached hydrogen (secondary N) is 1. The van der Waals surface area contributed by atoms with Crippen molar-refractivity contribution in [2.75, 3.05) is 39.3 Å². The zero-order valence-electron chi connectivity index (χ0n) is 15.2. The summed E-state index contributed by atoms with van der Waals surface area (Å²) >= 11 is 0. The fraction of sp³-hybridized carbons (Fsp3) is 0.333. The molecule has 0 bridgehead atoms. The summed E-state index contributed by atoms with van der Waals surface area (Å²) in [5, 5.41) is 2.84. The molecule has 0 aromatic heterocycles. The molecule has 0 aliphatic carbocycles. The highest BCUT2D eigenvalue weighted by Gasteiger charge is 2.23. The van der Waals surface area contributed by atoms with Crippen molar-refractivity contribution in [1.82, 2.24) is 15.1 Å². The van der Waals surface area contributed by atoms with E-state index in [0.29, 0.717) is 56.8 Å². The summed E-state index contributed by atoms with van der Waals surface area (Å²) in [5.41, 5.74) is 1.29. The van der Waals surface area contributed by atoms with Crippen molar-refractivity contribution < 1.29 is 14.0 Å². The Morgan fingerprint density at radius 3 is 2.30 bits per heavy atom. The van der Waals surface area contributed by atoms with Gasteiger partial charge in [-0.25, -0.2) is 4.39 Å². The fourth-order valence-corrected chi connectivity index (χ4v) is 3.17. The van der Waals surface area contributed by atoms with Gasteiger partial charge in [-0.05, 0) is 30.2 Å². The van der Waals surface area contributed by atoms with Crippen molar-refractivity contribution >= 4 is 11.8 Å². The molecule has 0 atom stereocenters. The van der Waals surface area contributed by atoms with Gasteiger partial charge in [0.15, 0.2) is 0 Å². The number of halogens is 1. The van der Waals surface area contributed by atoms with Crippen LogP contribution in [0.5, 0.6) is 0 Å². The molecule has 142 valence electrons. The summed E-state index contributed by atoms with van der Waals surface area (Å²) < 4.78 is 13.6. The van der Waals surface area contributed by atoms with Crippen LogP contribution >= 0.6 is 0 Å². The highest BCUT2D eigenvalue weighted by atomic mass is 19.1. The van der Waals surface area contributed by atoms with Crippen LogP contribution in [-0.2, 0) is 11.2 Å². The molecule has 6 heteroatoms. The van der Waals surface area contributed by atoms with Crippen molar-refractivity contribution in [2.45, 2.75) is 6.42 Å². The fourth-order valence-electron chi connectivity index (χ4n) is 3.17. The van der Waals surface area contributed by atoms with Crippen LogP contribution < -0.4 is 5.32 Å². The SMILES string of the molecule is O=C(CN1CCN(C(=O)c2ccccc2)CC1)NCCc1ccccc1F. The van der Waals surface area contributed by atoms with E-state index in [1.54, 1.807) is 18.2 Å². The van der Waals surface area contributed by atoms with Crippen LogP contribution in [0.15, 0.2) is 54.6 Å². The lowest BCUT2D eigenvalue weighted by molar-refractivity contribution is -0.122. The molecule has 1 saturated heterocycles. The second-order valence-corrected chi connectivity index (χ2v) is 6.63. The van der Waals surface area contributed by atoms with E-state index < -0.39 is 0 Å². The van der Waals surface area contributed by atoms with Gasteiger partial charge in [-0.2, -0.15) is 0 Å². The first-order valence-corrected chi connectivity index (χ1v) is 9.20. The van der Waals surface area contributed by atoms with Crippen molar-refractivity contribution in [3.63, 3.8) is 0 Å². The Morgan fingerprint density at radius 1 is 0.926 bits per heavy atom. The number of hydrogen-bond donors (Lipinski definition) is 1. The third-order valence-electron chi connectivity index (χ3n) is 4.72. The van der Waals surface area contributed by atoms with E-state index in [1.165, 1.54) is 6.07 Å². The van der Waals surface area contributed by atoms with Gasteiger partial charge in [-0.15, -0.1) is 0 Å². The summed E-state index contributed by atoms with van der Waals surface area (Å²) in [7, 11) is 0. The summed E-state index contributed by atoms with van der Waals surface area (Å²) in [6.45, 7) is 3.25. The molecule has 0 unspecified atom stereocenters. The van der Waals surface area contributed by atoms with Gasteiger partial charge in [0.05, 0.1) is 6.54 Å². The standard InChI is InChI=1S/C21H24FN3O2/c22-19-9-5-4-6-17(19)10-11-23-20(26)16-24-12-14-25(15-13-24)21(27)18-7-2-1-3-8-18/h1-9H,10-16H2,(H,23,26).